The Labute approximate surface area is 263 Å². The first-order valence-corrected chi connectivity index (χ1v) is 16.2. The van der Waals surface area contributed by atoms with Crippen molar-refractivity contribution < 1.29 is 19.5 Å². The minimum absolute atomic E-state index is 0.00686. The Morgan fingerprint density at radius 1 is 1.07 bits per heavy atom. The van der Waals surface area contributed by atoms with E-state index in [1.807, 2.05) is 30.3 Å². The number of aliphatic hydroxyl groups excluding tert-OH is 1. The first-order valence-electron chi connectivity index (χ1n) is 15.0. The van der Waals surface area contributed by atoms with E-state index < -0.39 is 22.6 Å². The summed E-state index contributed by atoms with van der Waals surface area (Å²) in [5, 5.41) is 10.0. The predicted octanol–water partition coefficient (Wildman–Crippen LogP) is 5.18. The van der Waals surface area contributed by atoms with Gasteiger partial charge in [0.25, 0.3) is 5.91 Å². The zero-order valence-electron chi connectivity index (χ0n) is 24.6. The summed E-state index contributed by atoms with van der Waals surface area (Å²) in [5.74, 6) is -1.46. The number of hydrogen-bond acceptors (Lipinski definition) is 5. The zero-order valence-corrected chi connectivity index (χ0v) is 26.2. The van der Waals surface area contributed by atoms with Crippen LogP contribution in [0.5, 0.6) is 0 Å². The summed E-state index contributed by atoms with van der Waals surface area (Å²) in [6, 6.07) is 16.2. The number of nitrogens with zero attached hydrogens (tertiary/aromatic N) is 3. The predicted molar refractivity (Wildman–Crippen MR) is 173 cm³/mol. The van der Waals surface area contributed by atoms with Gasteiger partial charge < -0.3 is 19.8 Å². The van der Waals surface area contributed by atoms with E-state index in [4.69, 9.17) is 11.6 Å². The number of fused-ring (bicyclic) bond motifs is 1. The molecule has 3 fully saturated rings. The van der Waals surface area contributed by atoms with Gasteiger partial charge in [0.1, 0.15) is 6.04 Å². The molecular formula is C34H40ClN3O4S. The van der Waals surface area contributed by atoms with E-state index in [1.165, 1.54) is 0 Å². The Hall–Kier alpha value is -3.07. The Morgan fingerprint density at radius 2 is 1.77 bits per heavy atom. The Bertz CT molecular complexity index is 1360. The smallest absolute Gasteiger partial charge is 0.251 e. The number of anilines is 1. The molecule has 2 aromatic carbocycles. The molecule has 3 aliphatic rings. The van der Waals surface area contributed by atoms with Crippen molar-refractivity contribution in [2.45, 2.75) is 48.8 Å². The van der Waals surface area contributed by atoms with Crippen LogP contribution in [-0.4, -0.2) is 74.9 Å². The SMILES string of the molecule is C=CCN(Cc1ccccc1)C(=O)[C@@H]1[C@H]2C(=O)N(CCCCO)C(C(=O)N(CC=C)c3ccc(Cl)cc3)C23S[C@@H]1CC3C. The molecule has 1 spiro atoms. The van der Waals surface area contributed by atoms with Crippen LogP contribution in [0.3, 0.4) is 0 Å². The number of halogens is 1. The number of carbonyl (C=O) groups excluding carboxylic acids is 3. The number of thioether (sulfide) groups is 1. The Morgan fingerprint density at radius 3 is 2.42 bits per heavy atom. The molecule has 6 atom stereocenters. The number of unbranched alkanes of at least 4 members (excludes halogenated alkanes) is 1. The highest BCUT2D eigenvalue weighted by atomic mass is 35.5. The molecule has 0 aliphatic carbocycles. The highest BCUT2D eigenvalue weighted by Gasteiger charge is 2.76. The molecule has 1 N–H and O–H groups in total. The molecule has 9 heteroatoms. The summed E-state index contributed by atoms with van der Waals surface area (Å²) in [5.41, 5.74) is 1.69. The highest BCUT2D eigenvalue weighted by Crippen LogP contribution is 2.69. The summed E-state index contributed by atoms with van der Waals surface area (Å²) in [7, 11) is 0. The number of amides is 3. The monoisotopic (exact) mass is 621 g/mol. The lowest BCUT2D eigenvalue weighted by atomic mass is 9.65. The van der Waals surface area contributed by atoms with Crippen LogP contribution in [0.2, 0.25) is 5.02 Å². The molecule has 2 aromatic rings. The second-order valence-corrected chi connectivity index (χ2v) is 13.7. The quantitative estimate of drug-likeness (QED) is 0.246. The van der Waals surface area contributed by atoms with Crippen LogP contribution in [-0.2, 0) is 20.9 Å². The van der Waals surface area contributed by atoms with E-state index in [-0.39, 0.29) is 42.0 Å². The van der Waals surface area contributed by atoms with Gasteiger partial charge in [0.05, 0.1) is 16.6 Å². The van der Waals surface area contributed by atoms with E-state index in [0.29, 0.717) is 43.2 Å². The van der Waals surface area contributed by atoms with Gasteiger partial charge >= 0.3 is 0 Å². The normalized spacial score (nSPS) is 27.2. The van der Waals surface area contributed by atoms with E-state index in [9.17, 15) is 19.5 Å². The molecule has 3 unspecified atom stereocenters. The molecule has 3 heterocycles. The molecule has 0 radical (unpaired) electrons. The van der Waals surface area contributed by atoms with Gasteiger partial charge in [-0.05, 0) is 55.0 Å². The summed E-state index contributed by atoms with van der Waals surface area (Å²) >= 11 is 7.83. The average Bonchev–Trinajstić information content (AvgIpc) is 3.60. The van der Waals surface area contributed by atoms with E-state index in [2.05, 4.69) is 20.1 Å². The summed E-state index contributed by atoms with van der Waals surface area (Å²) in [4.78, 5) is 48.8. The standard InChI is InChI=1S/C34H40ClN3O4S/c1-4-17-36(22-24-11-7-6-8-12-24)31(40)28-27-21-23(3)34(43-27)29(28)32(41)38(19-9-10-20-39)30(34)33(42)37(18-5-2)26-15-13-25(35)14-16-26/h4-8,11-16,23,27-30,39H,1-2,9-10,17-22H2,3H3/t23?,27-,28+,29+,30?,34?/m1/s1. The lowest BCUT2D eigenvalue weighted by Gasteiger charge is -2.41. The maximum Gasteiger partial charge on any atom is 0.251 e. The number of hydrogen-bond donors (Lipinski definition) is 1. The van der Waals surface area contributed by atoms with Gasteiger partial charge in [-0.25, -0.2) is 0 Å². The first-order chi connectivity index (χ1) is 20.8. The third-order valence-corrected chi connectivity index (χ3v) is 11.5. The van der Waals surface area contributed by atoms with E-state index >= 15 is 0 Å². The molecule has 7 nitrogen and oxygen atoms in total. The van der Waals surface area contributed by atoms with Crippen LogP contribution < -0.4 is 4.90 Å². The van der Waals surface area contributed by atoms with Crippen molar-refractivity contribution in [3.05, 3.63) is 90.5 Å². The fourth-order valence-electron chi connectivity index (χ4n) is 7.34. The van der Waals surface area contributed by atoms with Gasteiger partial charge in [0, 0.05) is 48.7 Å². The lowest BCUT2D eigenvalue weighted by molar-refractivity contribution is -0.144. The number of likely N-dealkylation sites (tertiary alicyclic amines) is 1. The largest absolute Gasteiger partial charge is 0.396 e. The van der Waals surface area contributed by atoms with Crippen LogP contribution in [0, 0.1) is 17.8 Å². The van der Waals surface area contributed by atoms with Crippen molar-refractivity contribution in [3.63, 3.8) is 0 Å². The molecule has 228 valence electrons. The summed E-state index contributed by atoms with van der Waals surface area (Å²) in [6.07, 6.45) is 5.25. The van der Waals surface area contributed by atoms with E-state index in [1.54, 1.807) is 62.9 Å². The Kier molecular flexibility index (Phi) is 9.69. The molecule has 0 aromatic heterocycles. The molecular weight excluding hydrogens is 582 g/mol. The lowest BCUT2D eigenvalue weighted by Crippen LogP contribution is -2.57. The van der Waals surface area contributed by atoms with Gasteiger partial charge in [-0.2, -0.15) is 0 Å². The van der Waals surface area contributed by atoms with Crippen LogP contribution >= 0.6 is 23.4 Å². The van der Waals surface area contributed by atoms with Gasteiger partial charge in [0.2, 0.25) is 11.8 Å². The first kappa shape index (κ1) is 31.4. The number of benzene rings is 2. The van der Waals surface area contributed by atoms with Crippen LogP contribution in [0.15, 0.2) is 79.9 Å². The summed E-state index contributed by atoms with van der Waals surface area (Å²) in [6.45, 7) is 11.3. The van der Waals surface area contributed by atoms with Crippen molar-refractivity contribution in [1.82, 2.24) is 9.80 Å². The number of carbonyl (C=O) groups is 3. The second-order valence-electron chi connectivity index (χ2n) is 11.7. The van der Waals surface area contributed by atoms with E-state index in [0.717, 1.165) is 12.0 Å². The average molecular weight is 622 g/mol. The zero-order chi connectivity index (χ0) is 30.7. The fourth-order valence-corrected chi connectivity index (χ4v) is 9.87. The van der Waals surface area contributed by atoms with Gasteiger partial charge in [0.15, 0.2) is 0 Å². The minimum Gasteiger partial charge on any atom is -0.396 e. The third kappa shape index (κ3) is 5.65. The fraction of sp³-hybridized carbons (Fsp3) is 0.441. The molecule has 5 rings (SSSR count). The number of aliphatic hydroxyl groups is 1. The highest BCUT2D eigenvalue weighted by molar-refractivity contribution is 8.02. The molecule has 3 aliphatic heterocycles. The number of rotatable bonds is 13. The maximum atomic E-state index is 14.7. The van der Waals surface area contributed by atoms with Crippen molar-refractivity contribution in [1.29, 1.82) is 0 Å². The van der Waals surface area contributed by atoms with Gasteiger partial charge in [-0.15, -0.1) is 24.9 Å². The third-order valence-electron chi connectivity index (χ3n) is 9.17. The van der Waals surface area contributed by atoms with Gasteiger partial charge in [-0.3, -0.25) is 14.4 Å². The van der Waals surface area contributed by atoms with Crippen LogP contribution in [0.1, 0.15) is 31.7 Å². The minimum atomic E-state index is -0.746. The topological polar surface area (TPSA) is 81.2 Å². The molecule has 43 heavy (non-hydrogen) atoms. The Balaban J connectivity index is 1.54. The van der Waals surface area contributed by atoms with Crippen molar-refractivity contribution in [3.8, 4) is 0 Å². The second kappa shape index (κ2) is 13.3. The van der Waals surface area contributed by atoms with Crippen molar-refractivity contribution in [2.24, 2.45) is 17.8 Å². The summed E-state index contributed by atoms with van der Waals surface area (Å²) < 4.78 is -0.739. The van der Waals surface area contributed by atoms with Crippen molar-refractivity contribution >= 4 is 46.8 Å². The molecule has 3 amide bonds. The maximum absolute atomic E-state index is 14.7. The van der Waals surface area contributed by atoms with Crippen LogP contribution in [0.25, 0.3) is 0 Å². The van der Waals surface area contributed by atoms with Crippen LogP contribution in [0.4, 0.5) is 5.69 Å². The van der Waals surface area contributed by atoms with Gasteiger partial charge in [-0.1, -0.05) is 61.0 Å². The molecule has 3 saturated heterocycles. The molecule has 0 saturated carbocycles. The van der Waals surface area contributed by atoms with Crippen molar-refractivity contribution in [2.75, 3.05) is 31.1 Å². The molecule has 2 bridgehead atoms.